The first-order valence-electron chi connectivity index (χ1n) is 5.66. The van der Waals surface area contributed by atoms with Crippen LogP contribution in [0.25, 0.3) is 0 Å². The van der Waals surface area contributed by atoms with Crippen LogP contribution in [-0.2, 0) is 0 Å². The fourth-order valence-electron chi connectivity index (χ4n) is 2.02. The van der Waals surface area contributed by atoms with Gasteiger partial charge >= 0.3 is 0 Å². The molecule has 3 rings (SSSR count). The van der Waals surface area contributed by atoms with Crippen molar-refractivity contribution < 1.29 is 14.3 Å². The summed E-state index contributed by atoms with van der Waals surface area (Å²) in [6.07, 6.45) is -1.04. The zero-order valence-electron chi connectivity index (χ0n) is 9.50. The molecule has 1 aliphatic heterocycles. The average molecular weight is 238 g/mol. The summed E-state index contributed by atoms with van der Waals surface area (Å²) >= 11 is 0. The van der Waals surface area contributed by atoms with Crippen LogP contribution in [0.1, 0.15) is 20.7 Å². The highest BCUT2D eigenvalue weighted by Gasteiger charge is 2.37. The molecule has 2 aromatic rings. The zero-order chi connectivity index (χ0) is 12.5. The van der Waals surface area contributed by atoms with E-state index < -0.39 is 6.10 Å². The molecule has 1 atom stereocenters. The van der Waals surface area contributed by atoms with E-state index in [2.05, 4.69) is 0 Å². The topological polar surface area (TPSA) is 43.4 Å². The largest absolute Gasteiger partial charge is 0.473 e. The molecule has 88 valence electrons. The van der Waals surface area contributed by atoms with E-state index in [1.165, 1.54) is 0 Å². The molecule has 0 aromatic heterocycles. The number of hydrogen-bond acceptors (Lipinski definition) is 3. The highest BCUT2D eigenvalue weighted by Crippen LogP contribution is 2.29. The Morgan fingerprint density at radius 3 is 2.33 bits per heavy atom. The van der Waals surface area contributed by atoms with Gasteiger partial charge < -0.3 is 4.74 Å². The van der Waals surface area contributed by atoms with E-state index in [-0.39, 0.29) is 11.6 Å². The Labute approximate surface area is 104 Å². The highest BCUT2D eigenvalue weighted by molar-refractivity contribution is 6.21. The van der Waals surface area contributed by atoms with Crippen molar-refractivity contribution in [3.8, 4) is 5.75 Å². The van der Waals surface area contributed by atoms with Crippen molar-refractivity contribution in [2.24, 2.45) is 0 Å². The van der Waals surface area contributed by atoms with Crippen LogP contribution < -0.4 is 4.74 Å². The molecule has 0 N–H and O–H groups in total. The molecule has 1 unspecified atom stereocenters. The lowest BCUT2D eigenvalue weighted by molar-refractivity contribution is 0.0720. The van der Waals surface area contributed by atoms with Gasteiger partial charge in [-0.25, -0.2) is 0 Å². The Morgan fingerprint density at radius 1 is 0.944 bits per heavy atom. The standard InChI is InChI=1S/C15H10O3/c16-13(10-6-2-1-3-7-10)15-14(17)11-8-4-5-9-12(11)18-15/h1-9,15H. The quantitative estimate of drug-likeness (QED) is 0.596. The van der Waals surface area contributed by atoms with E-state index in [1.54, 1.807) is 48.5 Å². The van der Waals surface area contributed by atoms with Crippen LogP contribution in [0.15, 0.2) is 54.6 Å². The van der Waals surface area contributed by atoms with Gasteiger partial charge in [0, 0.05) is 5.56 Å². The minimum atomic E-state index is -1.04. The molecule has 0 spiro atoms. The van der Waals surface area contributed by atoms with Crippen molar-refractivity contribution in [1.29, 1.82) is 0 Å². The van der Waals surface area contributed by atoms with E-state index in [0.29, 0.717) is 16.9 Å². The fraction of sp³-hybridized carbons (Fsp3) is 0.0667. The second kappa shape index (κ2) is 4.11. The summed E-state index contributed by atoms with van der Waals surface area (Å²) in [5.74, 6) is -0.0759. The van der Waals surface area contributed by atoms with E-state index in [1.807, 2.05) is 6.07 Å². The van der Waals surface area contributed by atoms with Gasteiger partial charge in [0.15, 0.2) is 0 Å². The number of fused-ring (bicyclic) bond motifs is 1. The number of carbonyl (C=O) groups excluding carboxylic acids is 2. The Kier molecular flexibility index (Phi) is 2.45. The maximum Gasteiger partial charge on any atom is 0.224 e. The molecule has 18 heavy (non-hydrogen) atoms. The van der Waals surface area contributed by atoms with Gasteiger partial charge in [-0.15, -0.1) is 0 Å². The van der Waals surface area contributed by atoms with Crippen molar-refractivity contribution in [2.75, 3.05) is 0 Å². The molecule has 3 heteroatoms. The number of hydrogen-bond donors (Lipinski definition) is 0. The number of Topliss-reactive ketones (excluding diaryl/α,β-unsaturated/α-hetero) is 2. The SMILES string of the molecule is O=C(c1ccccc1)C1Oc2ccccc2C1=O. The fourth-order valence-corrected chi connectivity index (χ4v) is 2.02. The predicted octanol–water partition coefficient (Wildman–Crippen LogP) is 2.51. The van der Waals surface area contributed by atoms with Gasteiger partial charge in [0.2, 0.25) is 17.7 Å². The maximum absolute atomic E-state index is 12.2. The smallest absolute Gasteiger partial charge is 0.224 e. The van der Waals surface area contributed by atoms with E-state index in [4.69, 9.17) is 4.74 Å². The first kappa shape index (κ1) is 10.7. The summed E-state index contributed by atoms with van der Waals surface area (Å²) in [4.78, 5) is 24.2. The Balaban J connectivity index is 1.94. The second-order valence-electron chi connectivity index (χ2n) is 4.09. The van der Waals surface area contributed by atoms with Crippen molar-refractivity contribution in [3.05, 3.63) is 65.7 Å². The molecule has 0 saturated carbocycles. The summed E-state index contributed by atoms with van der Waals surface area (Å²) in [7, 11) is 0. The molecule has 0 bridgehead atoms. The van der Waals surface area contributed by atoms with Crippen LogP contribution in [0.4, 0.5) is 0 Å². The van der Waals surface area contributed by atoms with Crippen LogP contribution in [0.5, 0.6) is 5.75 Å². The normalized spacial score (nSPS) is 17.1. The van der Waals surface area contributed by atoms with Crippen molar-refractivity contribution >= 4 is 11.6 Å². The Hall–Kier alpha value is -2.42. The van der Waals surface area contributed by atoms with Crippen LogP contribution >= 0.6 is 0 Å². The van der Waals surface area contributed by atoms with Gasteiger partial charge in [-0.1, -0.05) is 42.5 Å². The molecule has 0 amide bonds. The molecule has 0 aliphatic carbocycles. The van der Waals surface area contributed by atoms with Crippen LogP contribution in [0.3, 0.4) is 0 Å². The molecular weight excluding hydrogens is 228 g/mol. The average Bonchev–Trinajstić information content (AvgIpc) is 2.77. The summed E-state index contributed by atoms with van der Waals surface area (Å²) in [5, 5.41) is 0. The lowest BCUT2D eigenvalue weighted by Crippen LogP contribution is -2.30. The van der Waals surface area contributed by atoms with E-state index in [0.717, 1.165) is 0 Å². The van der Waals surface area contributed by atoms with Gasteiger partial charge in [-0.3, -0.25) is 9.59 Å². The van der Waals surface area contributed by atoms with Crippen LogP contribution in [-0.4, -0.2) is 17.7 Å². The number of carbonyl (C=O) groups is 2. The minimum Gasteiger partial charge on any atom is -0.473 e. The van der Waals surface area contributed by atoms with Gasteiger partial charge in [-0.05, 0) is 12.1 Å². The van der Waals surface area contributed by atoms with Crippen molar-refractivity contribution in [2.45, 2.75) is 6.10 Å². The summed E-state index contributed by atoms with van der Waals surface area (Å²) in [6, 6.07) is 15.6. The third kappa shape index (κ3) is 1.61. The molecular formula is C15H10O3. The third-order valence-electron chi connectivity index (χ3n) is 2.93. The summed E-state index contributed by atoms with van der Waals surface area (Å²) in [5.41, 5.74) is 0.968. The Bertz CT molecular complexity index is 617. The van der Waals surface area contributed by atoms with Gasteiger partial charge in [0.1, 0.15) is 5.75 Å². The number of para-hydroxylation sites is 1. The van der Waals surface area contributed by atoms with Gasteiger partial charge in [-0.2, -0.15) is 0 Å². The Morgan fingerprint density at radius 2 is 1.61 bits per heavy atom. The van der Waals surface area contributed by atoms with Gasteiger partial charge in [0.05, 0.1) is 5.56 Å². The van der Waals surface area contributed by atoms with E-state index >= 15 is 0 Å². The lowest BCUT2D eigenvalue weighted by Gasteiger charge is -2.07. The maximum atomic E-state index is 12.2. The number of ether oxygens (including phenoxy) is 1. The third-order valence-corrected chi connectivity index (χ3v) is 2.93. The second-order valence-corrected chi connectivity index (χ2v) is 4.09. The number of ketones is 2. The minimum absolute atomic E-state index is 0.264. The lowest BCUT2D eigenvalue weighted by atomic mass is 10.0. The molecule has 2 aromatic carbocycles. The van der Waals surface area contributed by atoms with Crippen LogP contribution in [0, 0.1) is 0 Å². The zero-order valence-corrected chi connectivity index (χ0v) is 9.50. The van der Waals surface area contributed by atoms with E-state index in [9.17, 15) is 9.59 Å². The monoisotopic (exact) mass is 238 g/mol. The van der Waals surface area contributed by atoms with Crippen molar-refractivity contribution in [1.82, 2.24) is 0 Å². The summed E-state index contributed by atoms with van der Waals surface area (Å²) < 4.78 is 5.44. The van der Waals surface area contributed by atoms with Crippen molar-refractivity contribution in [3.63, 3.8) is 0 Å². The first-order chi connectivity index (χ1) is 8.77. The molecule has 0 radical (unpaired) electrons. The molecule has 1 aliphatic rings. The number of rotatable bonds is 2. The highest BCUT2D eigenvalue weighted by atomic mass is 16.5. The van der Waals surface area contributed by atoms with Gasteiger partial charge in [0.25, 0.3) is 0 Å². The molecule has 0 fully saturated rings. The van der Waals surface area contributed by atoms with Crippen LogP contribution in [0.2, 0.25) is 0 Å². The molecule has 1 heterocycles. The number of benzene rings is 2. The summed E-state index contributed by atoms with van der Waals surface area (Å²) in [6.45, 7) is 0. The predicted molar refractivity (Wildman–Crippen MR) is 66.0 cm³/mol. The first-order valence-corrected chi connectivity index (χ1v) is 5.66. The molecule has 0 saturated heterocycles. The molecule has 3 nitrogen and oxygen atoms in total.